The smallest absolute Gasteiger partial charge is 0.257 e. The number of hydrogen-bond donors (Lipinski definition) is 1. The molecule has 2 aromatic rings. The summed E-state index contributed by atoms with van der Waals surface area (Å²) in [6, 6.07) is 4.05. The Bertz CT molecular complexity index is 1500. The molecule has 1 N–H and O–H groups in total. The summed E-state index contributed by atoms with van der Waals surface area (Å²) in [7, 11) is 0. The molecule has 5 heterocycles. The van der Waals surface area contributed by atoms with Crippen molar-refractivity contribution in [2.45, 2.75) is 84.2 Å². The average Bonchev–Trinajstić information content (AvgIpc) is 3.33. The predicted molar refractivity (Wildman–Crippen MR) is 183 cm³/mol. The van der Waals surface area contributed by atoms with Crippen molar-refractivity contribution in [1.82, 2.24) is 30.0 Å². The molecule has 2 amide bonds. The van der Waals surface area contributed by atoms with Gasteiger partial charge in [0.1, 0.15) is 17.9 Å². The lowest BCUT2D eigenvalue weighted by Gasteiger charge is -2.55. The molecular formula is C37H52FN7O3. The first kappa shape index (κ1) is 33.2. The number of benzene rings is 1. The van der Waals surface area contributed by atoms with Crippen molar-refractivity contribution in [1.29, 1.82) is 0 Å². The summed E-state index contributed by atoms with van der Waals surface area (Å²) in [6.45, 7) is 16.6. The Morgan fingerprint density at radius 2 is 1.79 bits per heavy atom. The van der Waals surface area contributed by atoms with Gasteiger partial charge in [0.05, 0.1) is 17.2 Å². The van der Waals surface area contributed by atoms with E-state index in [0.717, 1.165) is 84.5 Å². The van der Waals surface area contributed by atoms with E-state index in [2.05, 4.69) is 36.9 Å². The number of hydrogen-bond acceptors (Lipinski definition) is 8. The highest BCUT2D eigenvalue weighted by Gasteiger charge is 2.59. The Labute approximate surface area is 284 Å². The SMILES string of the molecule is CCN1CC2(C1)CC1(CCC(CN3CCC4(CC3)CN(c3ncncc3Oc3ccc(F)cc3C(=O)N(CC)C(C)C)C4)CC1)NC2=O. The van der Waals surface area contributed by atoms with Crippen LogP contribution in [0.3, 0.4) is 0 Å². The topological polar surface area (TPSA) is 94.1 Å². The van der Waals surface area contributed by atoms with Crippen molar-refractivity contribution in [2.75, 3.05) is 63.8 Å². The highest BCUT2D eigenvalue weighted by molar-refractivity contribution is 5.97. The van der Waals surface area contributed by atoms with Crippen LogP contribution in [0, 0.1) is 22.6 Å². The fourth-order valence-electron chi connectivity index (χ4n) is 9.35. The molecule has 7 rings (SSSR count). The average molecular weight is 662 g/mol. The van der Waals surface area contributed by atoms with Crippen LogP contribution >= 0.6 is 0 Å². The molecule has 5 aliphatic rings. The number of rotatable bonds is 9. The first-order chi connectivity index (χ1) is 23.1. The molecule has 4 saturated heterocycles. The Morgan fingerprint density at radius 1 is 1.06 bits per heavy atom. The van der Waals surface area contributed by atoms with Gasteiger partial charge in [-0.25, -0.2) is 14.4 Å². The lowest BCUT2D eigenvalue weighted by atomic mass is 9.68. The number of carbonyl (C=O) groups excluding carboxylic acids is 2. The van der Waals surface area contributed by atoms with Crippen molar-refractivity contribution in [3.8, 4) is 11.5 Å². The minimum Gasteiger partial charge on any atom is -0.451 e. The van der Waals surface area contributed by atoms with Crippen LogP contribution in [0.1, 0.15) is 83.0 Å². The third-order valence-electron chi connectivity index (χ3n) is 12.2. The number of halogens is 1. The van der Waals surface area contributed by atoms with Crippen LogP contribution in [-0.2, 0) is 4.79 Å². The van der Waals surface area contributed by atoms with Crippen molar-refractivity contribution < 1.29 is 18.7 Å². The summed E-state index contributed by atoms with van der Waals surface area (Å²) >= 11 is 0. The molecule has 11 heteroatoms. The fourth-order valence-corrected chi connectivity index (χ4v) is 9.35. The molecule has 0 bridgehead atoms. The van der Waals surface area contributed by atoms with Gasteiger partial charge in [-0.2, -0.15) is 0 Å². The molecule has 1 saturated carbocycles. The summed E-state index contributed by atoms with van der Waals surface area (Å²) in [5.41, 5.74) is 0.380. The number of piperidine rings is 1. The molecule has 0 unspecified atom stereocenters. The van der Waals surface area contributed by atoms with E-state index in [0.29, 0.717) is 35.7 Å². The van der Waals surface area contributed by atoms with E-state index in [4.69, 9.17) is 4.74 Å². The third-order valence-corrected chi connectivity index (χ3v) is 12.2. The summed E-state index contributed by atoms with van der Waals surface area (Å²) in [4.78, 5) is 44.1. The van der Waals surface area contributed by atoms with E-state index in [1.807, 2.05) is 20.8 Å². The highest BCUT2D eigenvalue weighted by Crippen LogP contribution is 2.50. The second-order valence-electron chi connectivity index (χ2n) is 15.7. The maximum Gasteiger partial charge on any atom is 0.257 e. The van der Waals surface area contributed by atoms with E-state index in [1.54, 1.807) is 11.1 Å². The van der Waals surface area contributed by atoms with Gasteiger partial charge < -0.3 is 29.7 Å². The number of nitrogens with zero attached hydrogens (tertiary/aromatic N) is 6. The normalized spacial score (nSPS) is 26.5. The van der Waals surface area contributed by atoms with Crippen molar-refractivity contribution in [2.24, 2.45) is 16.7 Å². The molecule has 0 radical (unpaired) electrons. The van der Waals surface area contributed by atoms with Gasteiger partial charge in [-0.15, -0.1) is 0 Å². The van der Waals surface area contributed by atoms with E-state index >= 15 is 0 Å². The van der Waals surface area contributed by atoms with Gasteiger partial charge in [-0.05, 0) is 109 Å². The Morgan fingerprint density at radius 3 is 2.46 bits per heavy atom. The molecule has 5 fully saturated rings. The van der Waals surface area contributed by atoms with Crippen LogP contribution in [-0.4, -0.2) is 107 Å². The molecular weight excluding hydrogens is 609 g/mol. The number of nitrogens with one attached hydrogen (secondary N) is 1. The van der Waals surface area contributed by atoms with E-state index in [-0.39, 0.29) is 33.9 Å². The number of likely N-dealkylation sites (tertiary alicyclic amines) is 2. The predicted octanol–water partition coefficient (Wildman–Crippen LogP) is 4.95. The maximum absolute atomic E-state index is 14.3. The molecule has 1 aromatic carbocycles. The van der Waals surface area contributed by atoms with Gasteiger partial charge in [0.15, 0.2) is 11.6 Å². The second kappa shape index (κ2) is 12.9. The summed E-state index contributed by atoms with van der Waals surface area (Å²) in [6.07, 6.45) is 11.2. The Balaban J connectivity index is 0.916. The zero-order valence-electron chi connectivity index (χ0n) is 29.1. The quantitative estimate of drug-likeness (QED) is 0.404. The largest absolute Gasteiger partial charge is 0.451 e. The zero-order chi connectivity index (χ0) is 33.7. The number of aromatic nitrogens is 2. The Kier molecular flexibility index (Phi) is 8.89. The molecule has 3 spiro atoms. The Hall–Kier alpha value is -3.31. The van der Waals surface area contributed by atoms with E-state index in [1.165, 1.54) is 37.4 Å². The molecule has 0 atom stereocenters. The summed E-state index contributed by atoms with van der Waals surface area (Å²) in [5.74, 6) is 1.75. The first-order valence-electron chi connectivity index (χ1n) is 18.2. The van der Waals surface area contributed by atoms with E-state index < -0.39 is 5.82 Å². The number of ether oxygens (including phenoxy) is 1. The molecule has 48 heavy (non-hydrogen) atoms. The molecule has 1 aliphatic carbocycles. The van der Waals surface area contributed by atoms with Crippen LogP contribution in [0.5, 0.6) is 11.5 Å². The monoisotopic (exact) mass is 661 g/mol. The van der Waals surface area contributed by atoms with Gasteiger partial charge in [0, 0.05) is 56.3 Å². The highest BCUT2D eigenvalue weighted by atomic mass is 19.1. The molecule has 4 aliphatic heterocycles. The van der Waals surface area contributed by atoms with Crippen LogP contribution in [0.15, 0.2) is 30.7 Å². The maximum atomic E-state index is 14.3. The van der Waals surface area contributed by atoms with Crippen LogP contribution in [0.25, 0.3) is 0 Å². The van der Waals surface area contributed by atoms with Crippen LogP contribution in [0.4, 0.5) is 10.2 Å². The lowest BCUT2D eigenvalue weighted by Crippen LogP contribution is -2.61. The van der Waals surface area contributed by atoms with Gasteiger partial charge in [-0.3, -0.25) is 9.59 Å². The molecule has 260 valence electrons. The first-order valence-corrected chi connectivity index (χ1v) is 18.2. The summed E-state index contributed by atoms with van der Waals surface area (Å²) in [5, 5.41) is 3.48. The zero-order valence-corrected chi connectivity index (χ0v) is 29.1. The second-order valence-corrected chi connectivity index (χ2v) is 15.7. The molecule has 10 nitrogen and oxygen atoms in total. The van der Waals surface area contributed by atoms with Crippen molar-refractivity contribution in [3.05, 3.63) is 42.1 Å². The lowest BCUT2D eigenvalue weighted by molar-refractivity contribution is -0.136. The van der Waals surface area contributed by atoms with Crippen LogP contribution < -0.4 is 15.0 Å². The van der Waals surface area contributed by atoms with Gasteiger partial charge in [0.25, 0.3) is 5.91 Å². The standard InChI is InChI=1S/C37H52FN7O3/c1-5-42-23-36(24-42)20-37(41-34(36)47)11-9-27(10-12-37)19-43-15-13-35(14-16-43)21-44(22-35)32-31(18-39-25-40-32)48-30-8-7-28(38)17-29(30)33(46)45(6-2)26(3)4/h7-8,17-18,25-27H,5-6,9-16,19-24H2,1-4H3,(H,41,47). The number of amides is 2. The third kappa shape index (κ3) is 6.17. The van der Waals surface area contributed by atoms with Gasteiger partial charge >= 0.3 is 0 Å². The minimum absolute atomic E-state index is 0.0269. The van der Waals surface area contributed by atoms with Crippen LogP contribution in [0.2, 0.25) is 0 Å². The number of anilines is 1. The van der Waals surface area contributed by atoms with Crippen molar-refractivity contribution in [3.63, 3.8) is 0 Å². The van der Waals surface area contributed by atoms with Crippen molar-refractivity contribution >= 4 is 17.6 Å². The summed E-state index contributed by atoms with van der Waals surface area (Å²) < 4.78 is 20.6. The van der Waals surface area contributed by atoms with E-state index in [9.17, 15) is 14.0 Å². The minimum atomic E-state index is -0.480. The fraction of sp³-hybridized carbons (Fsp3) is 0.676. The number of carbonyl (C=O) groups is 2. The van der Waals surface area contributed by atoms with Gasteiger partial charge in [-0.1, -0.05) is 6.92 Å². The molecule has 1 aromatic heterocycles. The van der Waals surface area contributed by atoms with Gasteiger partial charge in [0.2, 0.25) is 5.91 Å².